The smallest absolute Gasteiger partial charge is 0.185 e. The standard InChI is InChI=1S/C15H17N5S2/c1-2-11-9-12-13(17-10-18-14(12)22-11)19-4-6-20(7-5-19)15-16-3-8-21-15/h3,8-10H,2,4-7H2,1H3. The van der Waals surface area contributed by atoms with Crippen molar-refractivity contribution in [1.29, 1.82) is 0 Å². The summed E-state index contributed by atoms with van der Waals surface area (Å²) < 4.78 is 0. The number of thiophene rings is 1. The van der Waals surface area contributed by atoms with E-state index in [0.717, 1.165) is 48.4 Å². The number of aromatic nitrogens is 3. The molecule has 0 aromatic carbocycles. The third kappa shape index (κ3) is 2.44. The average Bonchev–Trinajstić information content (AvgIpc) is 3.23. The van der Waals surface area contributed by atoms with E-state index in [1.165, 1.54) is 10.3 Å². The highest BCUT2D eigenvalue weighted by Crippen LogP contribution is 2.31. The van der Waals surface area contributed by atoms with Crippen LogP contribution in [0.2, 0.25) is 0 Å². The molecule has 0 radical (unpaired) electrons. The van der Waals surface area contributed by atoms with Crippen molar-refractivity contribution in [3.05, 3.63) is 28.8 Å². The van der Waals surface area contributed by atoms with Crippen molar-refractivity contribution in [2.45, 2.75) is 13.3 Å². The maximum Gasteiger partial charge on any atom is 0.185 e. The van der Waals surface area contributed by atoms with Gasteiger partial charge < -0.3 is 9.80 Å². The third-order valence-corrected chi connectivity index (χ3v) is 6.00. The number of hydrogen-bond acceptors (Lipinski definition) is 7. The van der Waals surface area contributed by atoms with Gasteiger partial charge in [0.1, 0.15) is 17.0 Å². The minimum Gasteiger partial charge on any atom is -0.352 e. The summed E-state index contributed by atoms with van der Waals surface area (Å²) in [7, 11) is 0. The lowest BCUT2D eigenvalue weighted by Crippen LogP contribution is -2.46. The van der Waals surface area contributed by atoms with Gasteiger partial charge in [-0.2, -0.15) is 0 Å². The fraction of sp³-hybridized carbons (Fsp3) is 0.400. The molecule has 0 aliphatic carbocycles. The molecule has 0 atom stereocenters. The highest BCUT2D eigenvalue weighted by Gasteiger charge is 2.21. The summed E-state index contributed by atoms with van der Waals surface area (Å²) in [5.74, 6) is 1.08. The first kappa shape index (κ1) is 13.9. The normalized spacial score (nSPS) is 15.7. The first-order chi connectivity index (χ1) is 10.8. The van der Waals surface area contributed by atoms with Crippen LogP contribution in [0.3, 0.4) is 0 Å². The molecule has 0 bridgehead atoms. The zero-order valence-corrected chi connectivity index (χ0v) is 14.0. The van der Waals surface area contributed by atoms with Gasteiger partial charge in [0.2, 0.25) is 0 Å². The minimum absolute atomic E-state index is 0.975. The molecule has 1 saturated heterocycles. The summed E-state index contributed by atoms with van der Waals surface area (Å²) in [6, 6.07) is 2.25. The van der Waals surface area contributed by atoms with Gasteiger partial charge in [-0.1, -0.05) is 6.92 Å². The quantitative estimate of drug-likeness (QED) is 0.738. The molecule has 114 valence electrons. The largest absolute Gasteiger partial charge is 0.352 e. The van der Waals surface area contributed by atoms with Gasteiger partial charge in [-0.05, 0) is 12.5 Å². The average molecular weight is 331 g/mol. The van der Waals surface area contributed by atoms with Crippen molar-refractivity contribution >= 4 is 43.8 Å². The molecule has 0 N–H and O–H groups in total. The topological polar surface area (TPSA) is 45.2 Å². The molecule has 3 aromatic rings. The molecule has 4 rings (SSSR count). The van der Waals surface area contributed by atoms with Crippen LogP contribution in [0.25, 0.3) is 10.2 Å². The first-order valence-corrected chi connectivity index (χ1v) is 9.17. The lowest BCUT2D eigenvalue weighted by molar-refractivity contribution is 0.647. The monoisotopic (exact) mass is 331 g/mol. The lowest BCUT2D eigenvalue weighted by atomic mass is 10.2. The van der Waals surface area contributed by atoms with Crippen molar-refractivity contribution in [1.82, 2.24) is 15.0 Å². The highest BCUT2D eigenvalue weighted by atomic mass is 32.1. The molecule has 0 saturated carbocycles. The van der Waals surface area contributed by atoms with Crippen LogP contribution in [0.4, 0.5) is 10.9 Å². The Morgan fingerprint density at radius 3 is 2.64 bits per heavy atom. The SMILES string of the molecule is CCc1cc2c(N3CCN(c4nccs4)CC3)ncnc2s1. The second-order valence-corrected chi connectivity index (χ2v) is 7.26. The zero-order chi connectivity index (χ0) is 14.9. The first-order valence-electron chi connectivity index (χ1n) is 7.48. The summed E-state index contributed by atoms with van der Waals surface area (Å²) in [5.41, 5.74) is 0. The minimum atomic E-state index is 0.975. The van der Waals surface area contributed by atoms with Crippen molar-refractivity contribution in [3.8, 4) is 0 Å². The Morgan fingerprint density at radius 1 is 1.09 bits per heavy atom. The number of anilines is 2. The molecule has 5 nitrogen and oxygen atoms in total. The van der Waals surface area contributed by atoms with Crippen LogP contribution >= 0.6 is 22.7 Å². The van der Waals surface area contributed by atoms with Crippen LogP contribution < -0.4 is 9.80 Å². The molecule has 1 aliphatic heterocycles. The predicted octanol–water partition coefficient (Wildman–Crippen LogP) is 3.04. The number of piperazine rings is 1. The predicted molar refractivity (Wildman–Crippen MR) is 93.3 cm³/mol. The Kier molecular flexibility index (Phi) is 3.67. The Bertz CT molecular complexity index is 759. The summed E-state index contributed by atoms with van der Waals surface area (Å²) in [6.45, 7) is 6.12. The van der Waals surface area contributed by atoms with E-state index in [1.807, 2.05) is 11.6 Å². The van der Waals surface area contributed by atoms with Gasteiger partial charge in [-0.25, -0.2) is 15.0 Å². The maximum atomic E-state index is 4.56. The molecule has 22 heavy (non-hydrogen) atoms. The Morgan fingerprint density at radius 2 is 1.91 bits per heavy atom. The molecule has 0 amide bonds. The van der Waals surface area contributed by atoms with Gasteiger partial charge in [-0.15, -0.1) is 22.7 Å². The van der Waals surface area contributed by atoms with Crippen LogP contribution in [0.5, 0.6) is 0 Å². The molecule has 4 heterocycles. The van der Waals surface area contributed by atoms with E-state index in [1.54, 1.807) is 29.0 Å². The van der Waals surface area contributed by atoms with Gasteiger partial charge in [-0.3, -0.25) is 0 Å². The van der Waals surface area contributed by atoms with Gasteiger partial charge in [0, 0.05) is 42.6 Å². The number of hydrogen-bond donors (Lipinski definition) is 0. The Hall–Kier alpha value is -1.73. The van der Waals surface area contributed by atoms with E-state index in [0.29, 0.717) is 0 Å². The molecule has 1 fully saturated rings. The fourth-order valence-electron chi connectivity index (χ4n) is 2.80. The van der Waals surface area contributed by atoms with Crippen LogP contribution in [0, 0.1) is 0 Å². The Balaban J connectivity index is 1.57. The van der Waals surface area contributed by atoms with Crippen LogP contribution in [0.15, 0.2) is 24.0 Å². The van der Waals surface area contributed by atoms with E-state index in [-0.39, 0.29) is 0 Å². The lowest BCUT2D eigenvalue weighted by Gasteiger charge is -2.35. The summed E-state index contributed by atoms with van der Waals surface area (Å²) in [6.07, 6.45) is 4.62. The van der Waals surface area contributed by atoms with Crippen LogP contribution in [-0.4, -0.2) is 41.1 Å². The van der Waals surface area contributed by atoms with Crippen molar-refractivity contribution in [2.75, 3.05) is 36.0 Å². The summed E-state index contributed by atoms with van der Waals surface area (Å²) in [5, 5.41) is 4.36. The number of aryl methyl sites for hydroxylation is 1. The third-order valence-electron chi connectivity index (χ3n) is 3.98. The second-order valence-electron chi connectivity index (χ2n) is 5.27. The van der Waals surface area contributed by atoms with Crippen molar-refractivity contribution in [2.24, 2.45) is 0 Å². The van der Waals surface area contributed by atoms with Crippen LogP contribution in [0.1, 0.15) is 11.8 Å². The van der Waals surface area contributed by atoms with E-state index >= 15 is 0 Å². The van der Waals surface area contributed by atoms with Crippen LogP contribution in [-0.2, 0) is 6.42 Å². The zero-order valence-electron chi connectivity index (χ0n) is 12.4. The van der Waals surface area contributed by atoms with Gasteiger partial charge >= 0.3 is 0 Å². The molecule has 0 unspecified atom stereocenters. The highest BCUT2D eigenvalue weighted by molar-refractivity contribution is 7.18. The molecule has 0 spiro atoms. The van der Waals surface area contributed by atoms with E-state index < -0.39 is 0 Å². The van der Waals surface area contributed by atoms with E-state index in [2.05, 4.69) is 37.7 Å². The molecule has 3 aromatic heterocycles. The Labute approximate surface area is 137 Å². The number of nitrogens with zero attached hydrogens (tertiary/aromatic N) is 5. The van der Waals surface area contributed by atoms with Gasteiger partial charge in [0.25, 0.3) is 0 Å². The molecular weight excluding hydrogens is 314 g/mol. The van der Waals surface area contributed by atoms with Crippen molar-refractivity contribution < 1.29 is 0 Å². The van der Waals surface area contributed by atoms with E-state index in [4.69, 9.17) is 0 Å². The van der Waals surface area contributed by atoms with Gasteiger partial charge in [0.15, 0.2) is 5.13 Å². The molecule has 7 heteroatoms. The number of rotatable bonds is 3. The fourth-order valence-corrected chi connectivity index (χ4v) is 4.43. The molecule has 1 aliphatic rings. The second kappa shape index (κ2) is 5.81. The van der Waals surface area contributed by atoms with Crippen molar-refractivity contribution in [3.63, 3.8) is 0 Å². The number of fused-ring (bicyclic) bond motifs is 1. The maximum absolute atomic E-state index is 4.56. The summed E-state index contributed by atoms with van der Waals surface area (Å²) >= 11 is 3.49. The number of thiazole rings is 1. The van der Waals surface area contributed by atoms with E-state index in [9.17, 15) is 0 Å². The van der Waals surface area contributed by atoms with Gasteiger partial charge in [0.05, 0.1) is 5.39 Å². The summed E-state index contributed by atoms with van der Waals surface area (Å²) in [4.78, 5) is 20.6. The molecular formula is C15H17N5S2.